The molecule has 2 unspecified atom stereocenters. The molecule has 0 aromatic heterocycles. The molecule has 0 spiro atoms. The lowest BCUT2D eigenvalue weighted by atomic mass is 10.2. The molecule has 0 aromatic rings. The lowest BCUT2D eigenvalue weighted by Gasteiger charge is -2.29. The molecule has 0 saturated carbocycles. The van der Waals surface area contributed by atoms with Crippen LogP contribution in [-0.4, -0.2) is 29.8 Å². The predicted molar refractivity (Wildman–Crippen MR) is 39.8 cm³/mol. The summed E-state index contributed by atoms with van der Waals surface area (Å²) in [5, 5.41) is 2.51. The fraction of sp³-hybridized carbons (Fsp3) is 1.00. The molecule has 1 saturated heterocycles. The van der Waals surface area contributed by atoms with Gasteiger partial charge in [0.25, 0.3) is 0 Å². The highest BCUT2D eigenvalue weighted by atomic mass is 32.2. The summed E-state index contributed by atoms with van der Waals surface area (Å²) in [6.45, 7) is 1.77. The normalized spacial score (nSPS) is 33.8. The molecule has 66 valence electrons. The quantitative estimate of drug-likeness (QED) is 0.615. The number of nitrogens with one attached hydrogen (secondary N) is 1. The summed E-state index contributed by atoms with van der Waals surface area (Å²) >= 11 is 1.36. The summed E-state index contributed by atoms with van der Waals surface area (Å²) in [5.74, 6) is 0.917. The first-order valence-corrected chi connectivity index (χ1v) is 4.56. The maximum atomic E-state index is 12.0. The second-order valence-electron chi connectivity index (χ2n) is 2.70. The summed E-state index contributed by atoms with van der Waals surface area (Å²) < 4.78 is 36.1. The average molecular weight is 185 g/mol. The monoisotopic (exact) mass is 185 g/mol. The number of halogens is 3. The van der Waals surface area contributed by atoms with Crippen LogP contribution in [0.4, 0.5) is 13.2 Å². The second kappa shape index (κ2) is 3.23. The topological polar surface area (TPSA) is 12.0 Å². The van der Waals surface area contributed by atoms with Crippen molar-refractivity contribution in [2.24, 2.45) is 0 Å². The van der Waals surface area contributed by atoms with Crippen molar-refractivity contribution < 1.29 is 13.2 Å². The van der Waals surface area contributed by atoms with E-state index in [1.807, 2.05) is 0 Å². The average Bonchev–Trinajstić information content (AvgIpc) is 1.86. The molecule has 0 aromatic carbocycles. The van der Waals surface area contributed by atoms with Crippen LogP contribution in [0.5, 0.6) is 0 Å². The minimum Gasteiger partial charge on any atom is -0.302 e. The van der Waals surface area contributed by atoms with Crippen LogP contribution >= 0.6 is 11.8 Å². The predicted octanol–water partition coefficient (Wildman–Crippen LogP) is 1.64. The van der Waals surface area contributed by atoms with Crippen LogP contribution in [-0.2, 0) is 0 Å². The van der Waals surface area contributed by atoms with Gasteiger partial charge in [0.1, 0.15) is 6.04 Å². The van der Waals surface area contributed by atoms with Crippen LogP contribution in [0.25, 0.3) is 0 Å². The van der Waals surface area contributed by atoms with E-state index >= 15 is 0 Å². The van der Waals surface area contributed by atoms with Crippen LogP contribution in [0.2, 0.25) is 0 Å². The Labute approximate surface area is 67.7 Å². The molecular weight excluding hydrogens is 175 g/mol. The van der Waals surface area contributed by atoms with E-state index in [1.54, 1.807) is 6.92 Å². The first-order valence-electron chi connectivity index (χ1n) is 3.40. The maximum Gasteiger partial charge on any atom is 0.404 e. The van der Waals surface area contributed by atoms with E-state index in [0.717, 1.165) is 5.75 Å². The highest BCUT2D eigenvalue weighted by Crippen LogP contribution is 2.26. The number of hydrogen-bond donors (Lipinski definition) is 1. The molecule has 1 aliphatic rings. The summed E-state index contributed by atoms with van der Waals surface area (Å²) in [6, 6.07) is -1.34. The minimum absolute atomic E-state index is 0.0274. The summed E-state index contributed by atoms with van der Waals surface area (Å²) in [6.07, 6.45) is -4.08. The maximum absolute atomic E-state index is 12.0. The molecule has 1 aliphatic heterocycles. The first-order chi connectivity index (χ1) is 5.00. The zero-order valence-corrected chi connectivity index (χ0v) is 6.93. The van der Waals surface area contributed by atoms with Gasteiger partial charge in [-0.3, -0.25) is 0 Å². The molecule has 11 heavy (non-hydrogen) atoms. The molecule has 0 bridgehead atoms. The molecule has 5 heteroatoms. The molecular formula is C6H10F3NS. The van der Waals surface area contributed by atoms with Gasteiger partial charge in [0, 0.05) is 17.5 Å². The van der Waals surface area contributed by atoms with Crippen molar-refractivity contribution in [3.63, 3.8) is 0 Å². The Balaban J connectivity index is 2.46. The largest absolute Gasteiger partial charge is 0.404 e. The SMILES string of the molecule is CC1CSCC(C(F)(F)F)N1. The van der Waals surface area contributed by atoms with Crippen LogP contribution in [0.3, 0.4) is 0 Å². The van der Waals surface area contributed by atoms with E-state index in [9.17, 15) is 13.2 Å². The van der Waals surface area contributed by atoms with Gasteiger partial charge in [0.15, 0.2) is 0 Å². The van der Waals surface area contributed by atoms with Crippen molar-refractivity contribution in [1.29, 1.82) is 0 Å². The Morgan fingerprint density at radius 1 is 1.36 bits per heavy atom. The van der Waals surface area contributed by atoms with Crippen molar-refractivity contribution in [3.05, 3.63) is 0 Å². The Morgan fingerprint density at radius 3 is 2.36 bits per heavy atom. The van der Waals surface area contributed by atoms with Crippen molar-refractivity contribution in [2.45, 2.75) is 25.2 Å². The minimum atomic E-state index is -4.08. The molecule has 0 aliphatic carbocycles. The Hall–Kier alpha value is 0.1000. The molecule has 1 N–H and O–H groups in total. The molecule has 1 nitrogen and oxygen atoms in total. The number of thioether (sulfide) groups is 1. The Bertz CT molecular complexity index is 136. The molecule has 0 amide bonds. The van der Waals surface area contributed by atoms with Gasteiger partial charge in [-0.1, -0.05) is 0 Å². The van der Waals surface area contributed by atoms with Gasteiger partial charge in [-0.05, 0) is 6.92 Å². The summed E-state index contributed by atoms with van der Waals surface area (Å²) in [7, 11) is 0. The first kappa shape index (κ1) is 9.19. The molecule has 0 radical (unpaired) electrons. The van der Waals surface area contributed by atoms with E-state index in [0.29, 0.717) is 0 Å². The van der Waals surface area contributed by atoms with Gasteiger partial charge < -0.3 is 5.32 Å². The van der Waals surface area contributed by atoms with Gasteiger partial charge in [0.2, 0.25) is 0 Å². The molecule has 1 fully saturated rings. The highest BCUT2D eigenvalue weighted by Gasteiger charge is 2.41. The van der Waals surface area contributed by atoms with Crippen LogP contribution < -0.4 is 5.32 Å². The van der Waals surface area contributed by atoms with Crippen molar-refractivity contribution in [2.75, 3.05) is 11.5 Å². The molecule has 1 heterocycles. The lowest BCUT2D eigenvalue weighted by Crippen LogP contribution is -2.51. The summed E-state index contributed by atoms with van der Waals surface area (Å²) in [5.41, 5.74) is 0. The fourth-order valence-electron chi connectivity index (χ4n) is 0.991. The number of hydrogen-bond acceptors (Lipinski definition) is 2. The van der Waals surface area contributed by atoms with E-state index in [-0.39, 0.29) is 11.8 Å². The highest BCUT2D eigenvalue weighted by molar-refractivity contribution is 7.99. The third-order valence-corrected chi connectivity index (χ3v) is 2.84. The van der Waals surface area contributed by atoms with Gasteiger partial charge in [-0.15, -0.1) is 0 Å². The van der Waals surface area contributed by atoms with Crippen molar-refractivity contribution in [1.82, 2.24) is 5.32 Å². The van der Waals surface area contributed by atoms with Crippen molar-refractivity contribution in [3.8, 4) is 0 Å². The standard InChI is InChI=1S/C6H10F3NS/c1-4-2-11-3-5(10-4)6(7,8)9/h4-5,10H,2-3H2,1H3. The number of rotatable bonds is 0. The Kier molecular flexibility index (Phi) is 2.70. The van der Waals surface area contributed by atoms with E-state index in [2.05, 4.69) is 5.32 Å². The molecule has 1 rings (SSSR count). The third-order valence-electron chi connectivity index (χ3n) is 1.53. The van der Waals surface area contributed by atoms with Gasteiger partial charge in [-0.2, -0.15) is 24.9 Å². The van der Waals surface area contributed by atoms with Gasteiger partial charge in [0.05, 0.1) is 0 Å². The Morgan fingerprint density at radius 2 is 2.00 bits per heavy atom. The second-order valence-corrected chi connectivity index (χ2v) is 3.77. The molecule has 2 atom stereocenters. The van der Waals surface area contributed by atoms with Crippen LogP contribution in [0, 0.1) is 0 Å². The van der Waals surface area contributed by atoms with Crippen LogP contribution in [0.15, 0.2) is 0 Å². The van der Waals surface area contributed by atoms with E-state index in [4.69, 9.17) is 0 Å². The van der Waals surface area contributed by atoms with Crippen LogP contribution in [0.1, 0.15) is 6.92 Å². The van der Waals surface area contributed by atoms with Crippen molar-refractivity contribution >= 4 is 11.8 Å². The fourth-order valence-corrected chi connectivity index (χ4v) is 2.10. The summed E-state index contributed by atoms with van der Waals surface area (Å²) in [4.78, 5) is 0. The zero-order valence-electron chi connectivity index (χ0n) is 6.11. The van der Waals surface area contributed by atoms with Gasteiger partial charge in [-0.25, -0.2) is 0 Å². The third kappa shape index (κ3) is 2.56. The zero-order chi connectivity index (χ0) is 8.48. The van der Waals surface area contributed by atoms with E-state index in [1.165, 1.54) is 11.8 Å². The van der Waals surface area contributed by atoms with Gasteiger partial charge >= 0.3 is 6.18 Å². The van der Waals surface area contributed by atoms with E-state index < -0.39 is 12.2 Å². The lowest BCUT2D eigenvalue weighted by molar-refractivity contribution is -0.152. The smallest absolute Gasteiger partial charge is 0.302 e. The number of alkyl halides is 3.